The van der Waals surface area contributed by atoms with Crippen molar-refractivity contribution in [3.8, 4) is 6.01 Å². The smallest absolute Gasteiger partial charge is 0.323 e. The number of nitrogens with zero attached hydrogens (tertiary/aromatic N) is 4. The molecular formula is C12H22N6O. The van der Waals surface area contributed by atoms with Crippen molar-refractivity contribution in [1.82, 2.24) is 19.9 Å². The van der Waals surface area contributed by atoms with Crippen LogP contribution in [0.1, 0.15) is 19.8 Å². The van der Waals surface area contributed by atoms with Crippen LogP contribution in [0.5, 0.6) is 6.01 Å². The van der Waals surface area contributed by atoms with Crippen molar-refractivity contribution in [2.45, 2.75) is 25.8 Å². The van der Waals surface area contributed by atoms with Crippen molar-refractivity contribution in [2.75, 3.05) is 44.4 Å². The van der Waals surface area contributed by atoms with Crippen LogP contribution in [0, 0.1) is 0 Å². The number of anilines is 2. The lowest BCUT2D eigenvalue weighted by Gasteiger charge is -2.19. The minimum atomic E-state index is 0.351. The number of likely N-dealkylation sites (tertiary alicyclic amines) is 1. The maximum absolute atomic E-state index is 5.33. The molecule has 0 aliphatic carbocycles. The highest BCUT2D eigenvalue weighted by Crippen LogP contribution is 2.16. The molecular weight excluding hydrogens is 244 g/mol. The molecule has 1 saturated heterocycles. The molecule has 1 fully saturated rings. The lowest BCUT2D eigenvalue weighted by Crippen LogP contribution is -2.32. The third kappa shape index (κ3) is 3.66. The Kier molecular flexibility index (Phi) is 4.73. The number of rotatable bonds is 6. The summed E-state index contributed by atoms with van der Waals surface area (Å²) in [5, 5.41) is 6.18. The quantitative estimate of drug-likeness (QED) is 0.789. The van der Waals surface area contributed by atoms with Gasteiger partial charge in [-0.1, -0.05) is 0 Å². The zero-order chi connectivity index (χ0) is 13.7. The van der Waals surface area contributed by atoms with Crippen LogP contribution in [0.3, 0.4) is 0 Å². The molecule has 7 nitrogen and oxygen atoms in total. The molecule has 0 bridgehead atoms. The van der Waals surface area contributed by atoms with E-state index >= 15 is 0 Å². The van der Waals surface area contributed by atoms with Crippen LogP contribution in [-0.4, -0.2) is 59.7 Å². The summed E-state index contributed by atoms with van der Waals surface area (Å²) < 4.78 is 5.33. The average molecular weight is 266 g/mol. The minimum Gasteiger partial charge on any atom is -0.464 e. The molecule has 7 heteroatoms. The van der Waals surface area contributed by atoms with Crippen molar-refractivity contribution < 1.29 is 4.74 Å². The number of hydrogen-bond acceptors (Lipinski definition) is 7. The summed E-state index contributed by atoms with van der Waals surface area (Å²) in [7, 11) is 3.93. The first kappa shape index (κ1) is 13.8. The van der Waals surface area contributed by atoms with Gasteiger partial charge in [0.15, 0.2) is 0 Å². The summed E-state index contributed by atoms with van der Waals surface area (Å²) in [4.78, 5) is 15.0. The van der Waals surface area contributed by atoms with E-state index in [2.05, 4.69) is 37.5 Å². The van der Waals surface area contributed by atoms with Gasteiger partial charge in [-0.15, -0.1) is 0 Å². The lowest BCUT2D eigenvalue weighted by atomic mass is 10.2. The van der Waals surface area contributed by atoms with Crippen molar-refractivity contribution in [3.63, 3.8) is 0 Å². The zero-order valence-electron chi connectivity index (χ0n) is 11.8. The van der Waals surface area contributed by atoms with Crippen molar-refractivity contribution >= 4 is 11.9 Å². The van der Waals surface area contributed by atoms with Crippen LogP contribution in [0.15, 0.2) is 0 Å². The Morgan fingerprint density at radius 2 is 2.11 bits per heavy atom. The molecule has 0 amide bonds. The maximum Gasteiger partial charge on any atom is 0.323 e. The third-order valence-corrected chi connectivity index (χ3v) is 3.28. The van der Waals surface area contributed by atoms with Crippen LogP contribution in [-0.2, 0) is 0 Å². The van der Waals surface area contributed by atoms with E-state index in [9.17, 15) is 0 Å². The van der Waals surface area contributed by atoms with E-state index < -0.39 is 0 Å². The fraction of sp³-hybridized carbons (Fsp3) is 0.750. The zero-order valence-corrected chi connectivity index (χ0v) is 11.8. The summed E-state index contributed by atoms with van der Waals surface area (Å²) in [6, 6.07) is 0.898. The van der Waals surface area contributed by atoms with Gasteiger partial charge in [0.2, 0.25) is 11.9 Å². The SMILES string of the molecule is CCOc1nc(NC)nc(NCC2CCCN2C)n1. The fourth-order valence-electron chi connectivity index (χ4n) is 2.19. The summed E-state index contributed by atoms with van der Waals surface area (Å²) in [6.45, 7) is 4.45. The predicted octanol–water partition coefficient (Wildman–Crippen LogP) is 0.818. The monoisotopic (exact) mass is 266 g/mol. The number of ether oxygens (including phenoxy) is 1. The Morgan fingerprint density at radius 3 is 2.74 bits per heavy atom. The summed E-state index contributed by atoms with van der Waals surface area (Å²) in [6.07, 6.45) is 2.47. The highest BCUT2D eigenvalue weighted by Gasteiger charge is 2.20. The molecule has 1 unspecified atom stereocenters. The molecule has 2 rings (SSSR count). The van der Waals surface area contributed by atoms with Crippen molar-refractivity contribution in [2.24, 2.45) is 0 Å². The van der Waals surface area contributed by atoms with Crippen LogP contribution >= 0.6 is 0 Å². The normalized spacial score (nSPS) is 19.4. The fourth-order valence-corrected chi connectivity index (χ4v) is 2.19. The van der Waals surface area contributed by atoms with Gasteiger partial charge < -0.3 is 20.3 Å². The molecule has 0 radical (unpaired) electrons. The highest BCUT2D eigenvalue weighted by atomic mass is 16.5. The van der Waals surface area contributed by atoms with E-state index in [0.29, 0.717) is 30.6 Å². The molecule has 19 heavy (non-hydrogen) atoms. The Hall–Kier alpha value is -1.63. The predicted molar refractivity (Wildman–Crippen MR) is 74.7 cm³/mol. The molecule has 2 N–H and O–H groups in total. The Labute approximate surface area is 113 Å². The van der Waals surface area contributed by atoms with Gasteiger partial charge in [-0.05, 0) is 33.4 Å². The second kappa shape index (κ2) is 6.51. The molecule has 1 aliphatic heterocycles. The molecule has 106 valence electrons. The average Bonchev–Trinajstić information content (AvgIpc) is 2.82. The summed E-state index contributed by atoms with van der Waals surface area (Å²) in [5.41, 5.74) is 0. The van der Waals surface area contributed by atoms with E-state index in [-0.39, 0.29) is 0 Å². The molecule has 0 aromatic carbocycles. The molecule has 1 aromatic heterocycles. The van der Waals surface area contributed by atoms with Gasteiger partial charge in [0.25, 0.3) is 0 Å². The topological polar surface area (TPSA) is 75.2 Å². The number of likely N-dealkylation sites (N-methyl/N-ethyl adjacent to an activating group) is 1. The van der Waals surface area contributed by atoms with Crippen LogP contribution in [0.4, 0.5) is 11.9 Å². The van der Waals surface area contributed by atoms with Crippen LogP contribution in [0.25, 0.3) is 0 Å². The lowest BCUT2D eigenvalue weighted by molar-refractivity contribution is 0.311. The molecule has 1 aliphatic rings. The van der Waals surface area contributed by atoms with Crippen LogP contribution in [0.2, 0.25) is 0 Å². The third-order valence-electron chi connectivity index (χ3n) is 3.28. The van der Waals surface area contributed by atoms with Crippen molar-refractivity contribution in [3.05, 3.63) is 0 Å². The summed E-state index contributed by atoms with van der Waals surface area (Å²) in [5.74, 6) is 1.07. The standard InChI is InChI=1S/C12H22N6O/c1-4-19-12-16-10(13-2)15-11(17-12)14-8-9-6-5-7-18(9)3/h9H,4-8H2,1-3H3,(H2,13,14,15,16,17). The number of aromatic nitrogens is 3. The van der Waals surface area contributed by atoms with Gasteiger partial charge in [0, 0.05) is 19.6 Å². The van der Waals surface area contributed by atoms with Gasteiger partial charge in [-0.3, -0.25) is 0 Å². The Bertz CT molecular complexity index is 413. The van der Waals surface area contributed by atoms with E-state index in [4.69, 9.17) is 4.74 Å². The van der Waals surface area contributed by atoms with Gasteiger partial charge in [0.1, 0.15) is 0 Å². The van der Waals surface area contributed by atoms with Gasteiger partial charge in [-0.25, -0.2) is 0 Å². The van der Waals surface area contributed by atoms with Gasteiger partial charge in [0.05, 0.1) is 6.61 Å². The molecule has 2 heterocycles. The summed E-state index contributed by atoms with van der Waals surface area (Å²) >= 11 is 0. The number of hydrogen-bond donors (Lipinski definition) is 2. The molecule has 1 aromatic rings. The molecule has 0 spiro atoms. The molecule has 1 atom stereocenters. The van der Waals surface area contributed by atoms with E-state index in [1.165, 1.54) is 12.8 Å². The first-order valence-corrected chi connectivity index (χ1v) is 6.73. The largest absolute Gasteiger partial charge is 0.464 e. The van der Waals surface area contributed by atoms with E-state index in [1.807, 2.05) is 6.92 Å². The first-order valence-electron chi connectivity index (χ1n) is 6.73. The molecule has 0 saturated carbocycles. The van der Waals surface area contributed by atoms with E-state index in [1.54, 1.807) is 7.05 Å². The second-order valence-electron chi connectivity index (χ2n) is 4.61. The van der Waals surface area contributed by atoms with E-state index in [0.717, 1.165) is 13.1 Å². The first-order chi connectivity index (χ1) is 9.22. The van der Waals surface area contributed by atoms with Gasteiger partial charge in [-0.2, -0.15) is 15.0 Å². The van der Waals surface area contributed by atoms with Gasteiger partial charge >= 0.3 is 6.01 Å². The van der Waals surface area contributed by atoms with Crippen LogP contribution < -0.4 is 15.4 Å². The number of nitrogens with one attached hydrogen (secondary N) is 2. The second-order valence-corrected chi connectivity index (χ2v) is 4.61. The Balaban J connectivity index is 2.00. The van der Waals surface area contributed by atoms with Crippen molar-refractivity contribution in [1.29, 1.82) is 0 Å². The maximum atomic E-state index is 5.33. The Morgan fingerprint density at radius 1 is 1.32 bits per heavy atom. The minimum absolute atomic E-state index is 0.351. The highest BCUT2D eigenvalue weighted by molar-refractivity contribution is 5.35.